The van der Waals surface area contributed by atoms with Gasteiger partial charge in [0.1, 0.15) is 5.76 Å². The molecule has 2 aromatic heterocycles. The zero-order valence-electron chi connectivity index (χ0n) is 11.6. The van der Waals surface area contributed by atoms with E-state index in [0.29, 0.717) is 6.04 Å². The maximum atomic E-state index is 5.49. The minimum absolute atomic E-state index is 0.672. The summed E-state index contributed by atoms with van der Waals surface area (Å²) in [6.45, 7) is 5.53. The van der Waals surface area contributed by atoms with Gasteiger partial charge >= 0.3 is 0 Å². The number of fused-ring (bicyclic) bond motifs is 2. The molecule has 20 heavy (non-hydrogen) atoms. The zero-order valence-corrected chi connectivity index (χ0v) is 11.6. The van der Waals surface area contributed by atoms with Crippen molar-refractivity contribution < 1.29 is 8.83 Å². The second kappa shape index (κ2) is 5.11. The van der Waals surface area contributed by atoms with Gasteiger partial charge in [0.25, 0.3) is 0 Å². The van der Waals surface area contributed by atoms with Gasteiger partial charge in [0, 0.05) is 37.8 Å². The van der Waals surface area contributed by atoms with E-state index in [9.17, 15) is 0 Å². The monoisotopic (exact) mass is 272 g/mol. The third-order valence-electron chi connectivity index (χ3n) is 4.53. The highest BCUT2D eigenvalue weighted by Gasteiger charge is 2.38. The molecule has 2 bridgehead atoms. The highest BCUT2D eigenvalue weighted by molar-refractivity contribution is 5.07. The van der Waals surface area contributed by atoms with Gasteiger partial charge in [0.05, 0.1) is 25.3 Å². The van der Waals surface area contributed by atoms with E-state index in [1.807, 2.05) is 12.3 Å². The Morgan fingerprint density at radius 2 is 2.10 bits per heavy atom. The number of hydrogen-bond donors (Lipinski definition) is 0. The van der Waals surface area contributed by atoms with Crippen LogP contribution in [0.1, 0.15) is 17.7 Å². The number of nitrogens with zero attached hydrogens (tertiary/aromatic N) is 2. The molecule has 106 valence electrons. The Kier molecular flexibility index (Phi) is 3.13. The lowest BCUT2D eigenvalue weighted by Gasteiger charge is -2.32. The van der Waals surface area contributed by atoms with E-state index in [1.165, 1.54) is 25.1 Å². The number of rotatable bonds is 4. The Balaban J connectivity index is 1.40. The second-order valence-corrected chi connectivity index (χ2v) is 6.09. The van der Waals surface area contributed by atoms with E-state index >= 15 is 0 Å². The van der Waals surface area contributed by atoms with Crippen molar-refractivity contribution in [3.8, 4) is 0 Å². The molecule has 2 atom stereocenters. The van der Waals surface area contributed by atoms with Crippen LogP contribution in [0.15, 0.2) is 45.8 Å². The Hall–Kier alpha value is -1.52. The van der Waals surface area contributed by atoms with Crippen LogP contribution in [0.4, 0.5) is 0 Å². The molecule has 4 heteroatoms. The molecular weight excluding hydrogens is 252 g/mol. The Morgan fingerprint density at radius 3 is 2.90 bits per heavy atom. The molecule has 0 radical (unpaired) electrons. The van der Waals surface area contributed by atoms with Crippen molar-refractivity contribution in [1.29, 1.82) is 0 Å². The Labute approximate surface area is 119 Å². The number of furan rings is 2. The maximum Gasteiger partial charge on any atom is 0.117 e. The quantitative estimate of drug-likeness (QED) is 0.856. The van der Waals surface area contributed by atoms with Gasteiger partial charge in [0.2, 0.25) is 0 Å². The summed E-state index contributed by atoms with van der Waals surface area (Å²) in [6, 6.07) is 6.79. The third kappa shape index (κ3) is 2.41. The molecule has 2 aliphatic heterocycles. The van der Waals surface area contributed by atoms with Crippen molar-refractivity contribution in [3.05, 3.63) is 48.3 Å². The minimum Gasteiger partial charge on any atom is -0.472 e. The summed E-state index contributed by atoms with van der Waals surface area (Å²) in [5.74, 6) is 1.88. The van der Waals surface area contributed by atoms with Crippen molar-refractivity contribution in [2.24, 2.45) is 5.92 Å². The van der Waals surface area contributed by atoms with E-state index in [4.69, 9.17) is 8.83 Å². The van der Waals surface area contributed by atoms with Crippen molar-refractivity contribution >= 4 is 0 Å². The van der Waals surface area contributed by atoms with Gasteiger partial charge < -0.3 is 8.83 Å². The first-order valence-corrected chi connectivity index (χ1v) is 7.36. The molecule has 2 unspecified atom stereocenters. The minimum atomic E-state index is 0.672. The predicted molar refractivity (Wildman–Crippen MR) is 75.0 cm³/mol. The average Bonchev–Trinajstić information content (AvgIpc) is 3.14. The zero-order chi connectivity index (χ0) is 13.4. The van der Waals surface area contributed by atoms with E-state index in [1.54, 1.807) is 12.5 Å². The summed E-state index contributed by atoms with van der Waals surface area (Å²) in [4.78, 5) is 5.14. The first-order valence-electron chi connectivity index (χ1n) is 7.36. The fraction of sp³-hybridized carbons (Fsp3) is 0.500. The van der Waals surface area contributed by atoms with Crippen molar-refractivity contribution in [1.82, 2.24) is 9.80 Å². The molecular formula is C16H20N2O2. The van der Waals surface area contributed by atoms with Gasteiger partial charge in [0.15, 0.2) is 0 Å². The molecule has 0 aliphatic carbocycles. The highest BCUT2D eigenvalue weighted by Crippen LogP contribution is 2.31. The fourth-order valence-corrected chi connectivity index (χ4v) is 3.72. The number of piperidine rings is 1. The van der Waals surface area contributed by atoms with Gasteiger partial charge in [-0.1, -0.05) is 0 Å². The van der Waals surface area contributed by atoms with Crippen LogP contribution in [0, 0.1) is 5.92 Å². The summed E-state index contributed by atoms with van der Waals surface area (Å²) < 4.78 is 10.7. The molecule has 4 nitrogen and oxygen atoms in total. The molecule has 4 heterocycles. The molecule has 0 amide bonds. The molecule has 2 saturated heterocycles. The largest absolute Gasteiger partial charge is 0.472 e. The highest BCUT2D eigenvalue weighted by atomic mass is 16.3. The van der Waals surface area contributed by atoms with Crippen LogP contribution < -0.4 is 0 Å². The van der Waals surface area contributed by atoms with Crippen LogP contribution in [0.5, 0.6) is 0 Å². The van der Waals surface area contributed by atoms with Gasteiger partial charge in [-0.3, -0.25) is 9.80 Å². The van der Waals surface area contributed by atoms with Crippen LogP contribution in [-0.4, -0.2) is 35.5 Å². The molecule has 4 rings (SSSR count). The first-order chi connectivity index (χ1) is 9.87. The first kappa shape index (κ1) is 12.2. The van der Waals surface area contributed by atoms with Crippen molar-refractivity contribution in [2.75, 3.05) is 19.6 Å². The predicted octanol–water partition coefficient (Wildman–Crippen LogP) is 2.58. The Bertz CT molecular complexity index is 533. The lowest BCUT2D eigenvalue weighted by Crippen LogP contribution is -2.41. The molecule has 2 fully saturated rings. The molecule has 2 aromatic rings. The summed E-state index contributed by atoms with van der Waals surface area (Å²) in [6.07, 6.45) is 6.72. The lowest BCUT2D eigenvalue weighted by atomic mass is 10.00. The van der Waals surface area contributed by atoms with E-state index < -0.39 is 0 Å². The molecule has 0 saturated carbocycles. The summed E-state index contributed by atoms with van der Waals surface area (Å²) in [5, 5.41) is 0. The normalized spacial score (nSPS) is 27.2. The number of likely N-dealkylation sites (tertiary alicyclic amines) is 2. The van der Waals surface area contributed by atoms with Crippen LogP contribution in [0.2, 0.25) is 0 Å². The third-order valence-corrected chi connectivity index (χ3v) is 4.53. The lowest BCUT2D eigenvalue weighted by molar-refractivity contribution is 0.149. The smallest absolute Gasteiger partial charge is 0.117 e. The summed E-state index contributed by atoms with van der Waals surface area (Å²) in [5.41, 5.74) is 1.28. The molecule has 0 N–H and O–H groups in total. The topological polar surface area (TPSA) is 32.8 Å². The Morgan fingerprint density at radius 1 is 1.10 bits per heavy atom. The SMILES string of the molecule is c1coc(CN2CC3CC2CN(Cc2ccoc2)C3)c1. The average molecular weight is 272 g/mol. The summed E-state index contributed by atoms with van der Waals surface area (Å²) in [7, 11) is 0. The van der Waals surface area contributed by atoms with Crippen molar-refractivity contribution in [3.63, 3.8) is 0 Å². The van der Waals surface area contributed by atoms with Crippen LogP contribution in [0.3, 0.4) is 0 Å². The fourth-order valence-electron chi connectivity index (χ4n) is 3.72. The van der Waals surface area contributed by atoms with Crippen LogP contribution >= 0.6 is 0 Å². The van der Waals surface area contributed by atoms with Gasteiger partial charge in [-0.25, -0.2) is 0 Å². The van der Waals surface area contributed by atoms with E-state index in [2.05, 4.69) is 21.9 Å². The number of hydrogen-bond acceptors (Lipinski definition) is 4. The van der Waals surface area contributed by atoms with E-state index in [0.717, 1.165) is 31.3 Å². The van der Waals surface area contributed by atoms with Crippen LogP contribution in [0.25, 0.3) is 0 Å². The maximum absolute atomic E-state index is 5.49. The second-order valence-electron chi connectivity index (χ2n) is 6.09. The van der Waals surface area contributed by atoms with Crippen molar-refractivity contribution in [2.45, 2.75) is 25.6 Å². The molecule has 0 aromatic carbocycles. The molecule has 0 spiro atoms. The van der Waals surface area contributed by atoms with Gasteiger partial charge in [-0.15, -0.1) is 0 Å². The van der Waals surface area contributed by atoms with E-state index in [-0.39, 0.29) is 0 Å². The standard InChI is InChI=1S/C16H20N2O2/c1-2-16(20-4-1)11-18-9-14-6-15(18)10-17(8-14)7-13-3-5-19-12-13/h1-5,12,14-15H,6-11H2. The van der Waals surface area contributed by atoms with Crippen LogP contribution in [-0.2, 0) is 13.1 Å². The van der Waals surface area contributed by atoms with Gasteiger partial charge in [-0.2, -0.15) is 0 Å². The van der Waals surface area contributed by atoms with Gasteiger partial charge in [-0.05, 0) is 30.5 Å². The molecule has 2 aliphatic rings. The summed E-state index contributed by atoms with van der Waals surface area (Å²) >= 11 is 0.